The number of ether oxygens (including phenoxy) is 1. The Labute approximate surface area is 149 Å². The third-order valence-corrected chi connectivity index (χ3v) is 5.39. The summed E-state index contributed by atoms with van der Waals surface area (Å²) >= 11 is 0. The van der Waals surface area contributed by atoms with Crippen LogP contribution in [0.4, 0.5) is 0 Å². The number of rotatable bonds is 2. The molecule has 3 aliphatic heterocycles. The van der Waals surface area contributed by atoms with Crippen molar-refractivity contribution >= 4 is 17.7 Å². The van der Waals surface area contributed by atoms with Crippen LogP contribution in [0.3, 0.4) is 0 Å². The highest BCUT2D eigenvalue weighted by atomic mass is 16.5. The average molecular weight is 351 g/mol. The molecule has 0 aromatic heterocycles. The van der Waals surface area contributed by atoms with Crippen molar-refractivity contribution in [3.63, 3.8) is 0 Å². The van der Waals surface area contributed by atoms with Crippen LogP contribution >= 0.6 is 0 Å². The zero-order chi connectivity index (χ0) is 18.2. The minimum atomic E-state index is -0.296. The first-order valence-corrected chi connectivity index (χ1v) is 9.27. The Balaban J connectivity index is 1.52. The maximum atomic E-state index is 12.8. The van der Waals surface area contributed by atoms with Gasteiger partial charge in [0.15, 0.2) is 0 Å². The van der Waals surface area contributed by atoms with Gasteiger partial charge in [-0.25, -0.2) is 0 Å². The molecule has 3 amide bonds. The average Bonchev–Trinajstić information content (AvgIpc) is 3.22. The van der Waals surface area contributed by atoms with Crippen molar-refractivity contribution in [3.05, 3.63) is 0 Å². The Morgan fingerprint density at radius 3 is 2.12 bits per heavy atom. The van der Waals surface area contributed by atoms with Crippen LogP contribution in [-0.4, -0.2) is 83.4 Å². The Kier molecular flexibility index (Phi) is 5.04. The van der Waals surface area contributed by atoms with Crippen molar-refractivity contribution in [2.24, 2.45) is 5.92 Å². The molecule has 0 radical (unpaired) electrons. The molecule has 3 fully saturated rings. The minimum Gasteiger partial charge on any atom is -0.368 e. The molecule has 0 spiro atoms. The molecule has 2 unspecified atom stereocenters. The first kappa shape index (κ1) is 18.2. The van der Waals surface area contributed by atoms with Gasteiger partial charge in [0.2, 0.25) is 11.8 Å². The predicted octanol–water partition coefficient (Wildman–Crippen LogP) is 0.483. The smallest absolute Gasteiger partial charge is 0.251 e. The summed E-state index contributed by atoms with van der Waals surface area (Å²) in [6.07, 6.45) is 1.74. The van der Waals surface area contributed by atoms with Crippen molar-refractivity contribution in [2.45, 2.75) is 51.7 Å². The van der Waals surface area contributed by atoms with E-state index < -0.39 is 0 Å². The fraction of sp³-hybridized carbons (Fsp3) is 0.833. The van der Waals surface area contributed by atoms with E-state index in [4.69, 9.17) is 4.74 Å². The van der Waals surface area contributed by atoms with Gasteiger partial charge in [0.05, 0.1) is 5.92 Å². The number of hydrogen-bond acceptors (Lipinski definition) is 4. The van der Waals surface area contributed by atoms with Gasteiger partial charge in [0.1, 0.15) is 6.10 Å². The van der Waals surface area contributed by atoms with E-state index in [0.717, 1.165) is 12.8 Å². The van der Waals surface area contributed by atoms with Gasteiger partial charge >= 0.3 is 0 Å². The molecule has 3 aliphatic rings. The summed E-state index contributed by atoms with van der Waals surface area (Å²) < 4.78 is 5.46. The molecule has 0 bridgehead atoms. The van der Waals surface area contributed by atoms with Crippen LogP contribution in [0.5, 0.6) is 0 Å². The quantitative estimate of drug-likeness (QED) is 0.726. The minimum absolute atomic E-state index is 0.0457. The van der Waals surface area contributed by atoms with E-state index in [-0.39, 0.29) is 35.3 Å². The van der Waals surface area contributed by atoms with Crippen LogP contribution in [0.2, 0.25) is 0 Å². The zero-order valence-electron chi connectivity index (χ0n) is 15.5. The molecule has 3 rings (SSSR count). The van der Waals surface area contributed by atoms with Gasteiger partial charge in [-0.3, -0.25) is 14.4 Å². The van der Waals surface area contributed by atoms with Crippen LogP contribution in [0.1, 0.15) is 40.0 Å². The van der Waals surface area contributed by atoms with Crippen LogP contribution in [0, 0.1) is 5.92 Å². The van der Waals surface area contributed by atoms with Crippen molar-refractivity contribution < 1.29 is 19.1 Å². The molecular weight excluding hydrogens is 322 g/mol. The van der Waals surface area contributed by atoms with Crippen molar-refractivity contribution in [2.75, 3.05) is 39.3 Å². The lowest BCUT2D eigenvalue weighted by Gasteiger charge is -2.37. The van der Waals surface area contributed by atoms with E-state index >= 15 is 0 Å². The first-order valence-electron chi connectivity index (χ1n) is 9.27. The lowest BCUT2D eigenvalue weighted by atomic mass is 10.1. The number of amides is 3. The first-order chi connectivity index (χ1) is 11.8. The standard InChI is InChI=1S/C18H29N3O4/c1-18(2,3)21-12-13(11-15(21)22)16(23)19-6-8-20(9-7-19)17(24)14-5-4-10-25-14/h13-14H,4-12H2,1-3H3. The fourth-order valence-electron chi connectivity index (χ4n) is 3.90. The molecule has 0 saturated carbocycles. The topological polar surface area (TPSA) is 70.2 Å². The summed E-state index contributed by atoms with van der Waals surface area (Å²) in [5.74, 6) is -0.103. The largest absolute Gasteiger partial charge is 0.368 e. The maximum Gasteiger partial charge on any atom is 0.251 e. The van der Waals surface area contributed by atoms with Gasteiger partial charge in [0, 0.05) is 51.3 Å². The molecule has 0 aromatic carbocycles. The predicted molar refractivity (Wildman–Crippen MR) is 91.7 cm³/mol. The number of hydrogen-bond donors (Lipinski definition) is 0. The maximum absolute atomic E-state index is 12.8. The monoisotopic (exact) mass is 351 g/mol. The molecule has 3 heterocycles. The summed E-state index contributed by atoms with van der Waals surface area (Å²) in [5.41, 5.74) is -0.251. The highest BCUT2D eigenvalue weighted by Gasteiger charge is 2.41. The summed E-state index contributed by atoms with van der Waals surface area (Å²) in [7, 11) is 0. The highest BCUT2D eigenvalue weighted by molar-refractivity contribution is 5.90. The lowest BCUT2D eigenvalue weighted by molar-refractivity contribution is -0.147. The molecule has 7 nitrogen and oxygen atoms in total. The van der Waals surface area contributed by atoms with Crippen molar-refractivity contribution in [1.29, 1.82) is 0 Å². The number of carbonyl (C=O) groups excluding carboxylic acids is 3. The van der Waals surface area contributed by atoms with E-state index in [2.05, 4.69) is 0 Å². The molecule has 2 atom stereocenters. The summed E-state index contributed by atoms with van der Waals surface area (Å²) in [6, 6.07) is 0. The van der Waals surface area contributed by atoms with E-state index in [9.17, 15) is 14.4 Å². The van der Waals surface area contributed by atoms with Crippen molar-refractivity contribution in [1.82, 2.24) is 14.7 Å². The van der Waals surface area contributed by atoms with Gasteiger partial charge in [-0.1, -0.05) is 0 Å². The molecule has 140 valence electrons. The highest BCUT2D eigenvalue weighted by Crippen LogP contribution is 2.27. The van der Waals surface area contributed by atoms with Crippen LogP contribution in [0.25, 0.3) is 0 Å². The molecule has 3 saturated heterocycles. The number of piperazine rings is 1. The van der Waals surface area contributed by atoms with Gasteiger partial charge in [0.25, 0.3) is 5.91 Å². The van der Waals surface area contributed by atoms with E-state index in [1.165, 1.54) is 0 Å². The second-order valence-electron chi connectivity index (χ2n) is 8.23. The van der Waals surface area contributed by atoms with Gasteiger partial charge in [-0.2, -0.15) is 0 Å². The normalized spacial score (nSPS) is 28.0. The molecular formula is C18H29N3O4. The van der Waals surface area contributed by atoms with Crippen LogP contribution < -0.4 is 0 Å². The summed E-state index contributed by atoms with van der Waals surface area (Å²) in [5, 5.41) is 0. The van der Waals surface area contributed by atoms with Gasteiger partial charge in [-0.15, -0.1) is 0 Å². The fourth-order valence-corrected chi connectivity index (χ4v) is 3.90. The van der Waals surface area contributed by atoms with Crippen LogP contribution in [-0.2, 0) is 19.1 Å². The zero-order valence-corrected chi connectivity index (χ0v) is 15.5. The Morgan fingerprint density at radius 1 is 1.04 bits per heavy atom. The second-order valence-corrected chi connectivity index (χ2v) is 8.23. The molecule has 0 aliphatic carbocycles. The number of carbonyl (C=O) groups is 3. The number of nitrogens with zero attached hydrogens (tertiary/aromatic N) is 3. The van der Waals surface area contributed by atoms with Crippen LogP contribution in [0.15, 0.2) is 0 Å². The second kappa shape index (κ2) is 6.94. The number of likely N-dealkylation sites (tertiary alicyclic amines) is 1. The Hall–Kier alpha value is -1.63. The third-order valence-electron chi connectivity index (χ3n) is 5.39. The third kappa shape index (κ3) is 3.81. The molecule has 7 heteroatoms. The SMILES string of the molecule is CC(C)(C)N1CC(C(=O)N2CCN(C(=O)C3CCCO3)CC2)CC1=O. The molecule has 0 N–H and O–H groups in total. The Morgan fingerprint density at radius 2 is 1.64 bits per heavy atom. The van der Waals surface area contributed by atoms with E-state index in [0.29, 0.717) is 45.8 Å². The lowest BCUT2D eigenvalue weighted by Crippen LogP contribution is -2.54. The van der Waals surface area contributed by atoms with E-state index in [1.54, 1.807) is 9.80 Å². The summed E-state index contributed by atoms with van der Waals surface area (Å²) in [4.78, 5) is 42.8. The Bertz CT molecular complexity index is 543. The summed E-state index contributed by atoms with van der Waals surface area (Å²) in [6.45, 7) is 9.32. The van der Waals surface area contributed by atoms with Gasteiger partial charge < -0.3 is 19.4 Å². The molecule has 0 aromatic rings. The van der Waals surface area contributed by atoms with Crippen molar-refractivity contribution in [3.8, 4) is 0 Å². The van der Waals surface area contributed by atoms with Gasteiger partial charge in [-0.05, 0) is 33.6 Å². The molecule has 25 heavy (non-hydrogen) atoms. The van der Waals surface area contributed by atoms with E-state index in [1.807, 2.05) is 25.7 Å².